The molecule has 0 saturated carbocycles. The fraction of sp³-hybridized carbons (Fsp3) is 0.316. The number of rotatable bonds is 3. The molecule has 1 fully saturated rings. The summed E-state index contributed by atoms with van der Waals surface area (Å²) >= 11 is 1.30. The highest BCUT2D eigenvalue weighted by Gasteiger charge is 2.30. The van der Waals surface area contributed by atoms with Crippen molar-refractivity contribution >= 4 is 22.3 Å². The van der Waals surface area contributed by atoms with Crippen LogP contribution in [-0.4, -0.2) is 28.8 Å². The van der Waals surface area contributed by atoms with Crippen molar-refractivity contribution in [2.45, 2.75) is 25.8 Å². The number of aliphatic imine (C=N–C) groups is 1. The second kappa shape index (κ2) is 7.18. The van der Waals surface area contributed by atoms with Gasteiger partial charge in [-0.1, -0.05) is 35.6 Å². The molecular weight excluding hydrogens is 344 g/mol. The summed E-state index contributed by atoms with van der Waals surface area (Å²) in [5.41, 5.74) is 2.71. The molecule has 1 aromatic carbocycles. The maximum Gasteiger partial charge on any atom is 0.212 e. The van der Waals surface area contributed by atoms with Gasteiger partial charge in [-0.3, -0.25) is 0 Å². The first-order valence-corrected chi connectivity index (χ1v) is 9.52. The minimum Gasteiger partial charge on any atom is -0.381 e. The molecule has 7 heteroatoms. The van der Waals surface area contributed by atoms with Crippen LogP contribution in [0, 0.1) is 18.3 Å². The maximum atomic E-state index is 8.93. The van der Waals surface area contributed by atoms with Crippen molar-refractivity contribution in [3.8, 4) is 6.07 Å². The maximum absolute atomic E-state index is 8.93. The molecule has 0 bridgehead atoms. The molecule has 26 heavy (non-hydrogen) atoms. The molecule has 2 N–H and O–H groups in total. The van der Waals surface area contributed by atoms with Gasteiger partial charge in [-0.2, -0.15) is 5.26 Å². The monoisotopic (exact) mass is 364 g/mol. The van der Waals surface area contributed by atoms with E-state index in [0.29, 0.717) is 22.6 Å². The summed E-state index contributed by atoms with van der Waals surface area (Å²) < 4.78 is 0. The Hall–Kier alpha value is -2.85. The number of nitrogens with one attached hydrogen (secondary N) is 2. The Morgan fingerprint density at radius 3 is 3.08 bits per heavy atom. The highest BCUT2D eigenvalue weighted by atomic mass is 32.1. The van der Waals surface area contributed by atoms with Crippen LogP contribution in [0.1, 0.15) is 34.9 Å². The Morgan fingerprint density at radius 1 is 1.38 bits per heavy atom. The zero-order chi connectivity index (χ0) is 17.9. The van der Waals surface area contributed by atoms with Crippen LogP contribution in [-0.2, 0) is 0 Å². The van der Waals surface area contributed by atoms with Crippen LogP contribution in [0.2, 0.25) is 0 Å². The molecule has 0 aliphatic carbocycles. The van der Waals surface area contributed by atoms with Gasteiger partial charge >= 0.3 is 0 Å². The van der Waals surface area contributed by atoms with Crippen LogP contribution < -0.4 is 10.6 Å². The van der Waals surface area contributed by atoms with Crippen LogP contribution in [0.5, 0.6) is 0 Å². The Bertz CT molecular complexity index is 907. The van der Waals surface area contributed by atoms with E-state index in [-0.39, 0.29) is 0 Å². The molecule has 3 heterocycles. The smallest absolute Gasteiger partial charge is 0.212 e. The number of nitriles is 1. The topological polar surface area (TPSA) is 76.3 Å². The Kier molecular flexibility index (Phi) is 4.59. The van der Waals surface area contributed by atoms with E-state index in [4.69, 9.17) is 5.26 Å². The Morgan fingerprint density at radius 2 is 2.27 bits per heavy atom. The normalized spacial score (nSPS) is 21.1. The molecule has 0 radical (unpaired) electrons. The summed E-state index contributed by atoms with van der Waals surface area (Å²) in [6, 6.07) is 11.1. The van der Waals surface area contributed by atoms with Gasteiger partial charge in [0.05, 0.1) is 18.8 Å². The van der Waals surface area contributed by atoms with Crippen molar-refractivity contribution in [2.24, 2.45) is 4.99 Å². The molecule has 0 amide bonds. The third-order valence-corrected chi connectivity index (χ3v) is 5.52. The average Bonchev–Trinajstić information content (AvgIpc) is 3.31. The summed E-state index contributed by atoms with van der Waals surface area (Å²) in [7, 11) is 0. The molecule has 6 nitrogen and oxygen atoms in total. The zero-order valence-corrected chi connectivity index (χ0v) is 15.4. The molecule has 132 valence electrons. The van der Waals surface area contributed by atoms with E-state index in [1.807, 2.05) is 6.20 Å². The van der Waals surface area contributed by atoms with Crippen molar-refractivity contribution in [3.05, 3.63) is 58.5 Å². The number of thiazole rings is 1. The lowest BCUT2D eigenvalue weighted by molar-refractivity contribution is 0.309. The van der Waals surface area contributed by atoms with Gasteiger partial charge in [0.25, 0.3) is 0 Å². The first kappa shape index (κ1) is 16.6. The van der Waals surface area contributed by atoms with E-state index in [2.05, 4.69) is 62.8 Å². The van der Waals surface area contributed by atoms with Crippen LogP contribution >= 0.6 is 11.3 Å². The van der Waals surface area contributed by atoms with E-state index in [0.717, 1.165) is 24.6 Å². The SMILES string of the molecule is Cc1ccccc1C1CCCN1C1=CNCC(=Nc2ncc(C#N)s2)N1. The summed E-state index contributed by atoms with van der Waals surface area (Å²) in [4.78, 5) is 11.7. The first-order chi connectivity index (χ1) is 12.7. The van der Waals surface area contributed by atoms with Crippen molar-refractivity contribution in [1.29, 1.82) is 5.26 Å². The number of hydrogen-bond acceptors (Lipinski definition) is 6. The van der Waals surface area contributed by atoms with Crippen LogP contribution in [0.25, 0.3) is 0 Å². The van der Waals surface area contributed by atoms with E-state index in [9.17, 15) is 0 Å². The Balaban J connectivity index is 1.55. The Labute approximate surface area is 156 Å². The molecule has 1 saturated heterocycles. The second-order valence-electron chi connectivity index (χ2n) is 6.42. The largest absolute Gasteiger partial charge is 0.381 e. The number of aromatic nitrogens is 1. The van der Waals surface area contributed by atoms with Gasteiger partial charge in [0.2, 0.25) is 5.13 Å². The number of amidine groups is 1. The van der Waals surface area contributed by atoms with E-state index < -0.39 is 0 Å². The molecule has 4 rings (SSSR count). The van der Waals surface area contributed by atoms with Gasteiger partial charge in [0, 0.05) is 12.7 Å². The second-order valence-corrected chi connectivity index (χ2v) is 7.43. The number of benzene rings is 1. The lowest BCUT2D eigenvalue weighted by Gasteiger charge is -2.33. The van der Waals surface area contributed by atoms with Crippen LogP contribution in [0.15, 0.2) is 47.5 Å². The summed E-state index contributed by atoms with van der Waals surface area (Å²) in [6.45, 7) is 3.81. The highest BCUT2D eigenvalue weighted by molar-refractivity contribution is 7.15. The predicted octanol–water partition coefficient (Wildman–Crippen LogP) is 3.18. The molecular formula is C19H20N6S. The van der Waals surface area contributed by atoms with E-state index in [1.165, 1.54) is 28.9 Å². The molecule has 1 aromatic heterocycles. The number of aryl methyl sites for hydroxylation is 1. The first-order valence-electron chi connectivity index (χ1n) is 8.71. The molecule has 2 aliphatic heterocycles. The van der Waals surface area contributed by atoms with Gasteiger partial charge in [0.1, 0.15) is 22.6 Å². The highest BCUT2D eigenvalue weighted by Crippen LogP contribution is 2.35. The van der Waals surface area contributed by atoms with Gasteiger partial charge in [0.15, 0.2) is 0 Å². The van der Waals surface area contributed by atoms with Crippen molar-refractivity contribution < 1.29 is 0 Å². The van der Waals surface area contributed by atoms with Gasteiger partial charge in [-0.05, 0) is 30.9 Å². The fourth-order valence-corrected chi connectivity index (χ4v) is 4.13. The van der Waals surface area contributed by atoms with Crippen molar-refractivity contribution in [1.82, 2.24) is 20.5 Å². The van der Waals surface area contributed by atoms with Crippen molar-refractivity contribution in [3.63, 3.8) is 0 Å². The van der Waals surface area contributed by atoms with Crippen LogP contribution in [0.4, 0.5) is 5.13 Å². The lowest BCUT2D eigenvalue weighted by atomic mass is 9.99. The van der Waals surface area contributed by atoms with Gasteiger partial charge in [-0.15, -0.1) is 0 Å². The van der Waals surface area contributed by atoms with E-state index >= 15 is 0 Å². The van der Waals surface area contributed by atoms with Gasteiger partial charge < -0.3 is 15.5 Å². The molecule has 0 spiro atoms. The molecule has 1 unspecified atom stereocenters. The van der Waals surface area contributed by atoms with Crippen LogP contribution in [0.3, 0.4) is 0 Å². The van der Waals surface area contributed by atoms with E-state index in [1.54, 1.807) is 6.20 Å². The number of likely N-dealkylation sites (tertiary alicyclic amines) is 1. The third-order valence-electron chi connectivity index (χ3n) is 4.72. The summed E-state index contributed by atoms with van der Waals surface area (Å²) in [6.07, 6.45) is 5.90. The third kappa shape index (κ3) is 3.28. The summed E-state index contributed by atoms with van der Waals surface area (Å²) in [5.74, 6) is 1.86. The zero-order valence-electron chi connectivity index (χ0n) is 14.6. The van der Waals surface area contributed by atoms with Gasteiger partial charge in [-0.25, -0.2) is 9.98 Å². The summed E-state index contributed by atoms with van der Waals surface area (Å²) in [5, 5.41) is 16.3. The number of nitrogens with zero attached hydrogens (tertiary/aromatic N) is 4. The van der Waals surface area contributed by atoms with Crippen molar-refractivity contribution in [2.75, 3.05) is 13.1 Å². The minimum atomic E-state index is 0.376. The average molecular weight is 364 g/mol. The molecule has 1 atom stereocenters. The minimum absolute atomic E-state index is 0.376. The fourth-order valence-electron chi connectivity index (χ4n) is 3.52. The number of hydrogen-bond donors (Lipinski definition) is 2. The molecule has 2 aliphatic rings. The lowest BCUT2D eigenvalue weighted by Crippen LogP contribution is -2.43. The predicted molar refractivity (Wildman–Crippen MR) is 103 cm³/mol. The standard InChI is InChI=1S/C19H20N6S/c1-13-5-2-3-6-15(13)16-7-4-8-25(16)18-12-21-11-17(23-18)24-19-22-10-14(9-20)26-19/h2-3,5-6,10,12,16,21H,4,7-8,11H2,1H3,(H,22,23,24). The quantitative estimate of drug-likeness (QED) is 0.875. The molecule has 2 aromatic rings.